The Morgan fingerprint density at radius 2 is 1.79 bits per heavy atom. The highest BCUT2D eigenvalue weighted by Gasteiger charge is 2.15. The van der Waals surface area contributed by atoms with Crippen LogP contribution in [0.3, 0.4) is 0 Å². The van der Waals surface area contributed by atoms with E-state index in [-0.39, 0.29) is 0 Å². The van der Waals surface area contributed by atoms with E-state index in [1.165, 1.54) is 0 Å². The highest BCUT2D eigenvalue weighted by atomic mass is 32.1. The van der Waals surface area contributed by atoms with Gasteiger partial charge in [-0.3, -0.25) is 0 Å². The summed E-state index contributed by atoms with van der Waals surface area (Å²) in [5.41, 5.74) is 1.98. The van der Waals surface area contributed by atoms with E-state index >= 15 is 0 Å². The van der Waals surface area contributed by atoms with E-state index in [2.05, 4.69) is 27.2 Å². The van der Waals surface area contributed by atoms with E-state index in [9.17, 15) is 0 Å². The summed E-state index contributed by atoms with van der Waals surface area (Å²) >= 11 is 3.17. The topological polar surface area (TPSA) is 43.6 Å². The normalized spacial score (nSPS) is 11.2. The predicted molar refractivity (Wildman–Crippen MR) is 77.9 cm³/mol. The minimum atomic E-state index is 0.874. The van der Waals surface area contributed by atoms with Crippen LogP contribution in [0, 0.1) is 0 Å². The van der Waals surface area contributed by atoms with Gasteiger partial charge >= 0.3 is 0 Å². The number of aromatic nitrogens is 4. The summed E-state index contributed by atoms with van der Waals surface area (Å²) in [5.74, 6) is 0. The zero-order chi connectivity index (χ0) is 12.7. The van der Waals surface area contributed by atoms with Gasteiger partial charge in [-0.05, 0) is 6.07 Å². The van der Waals surface area contributed by atoms with Gasteiger partial charge in [-0.15, -0.1) is 22.7 Å². The third-order valence-corrected chi connectivity index (χ3v) is 4.35. The molecule has 1 aromatic carbocycles. The molecule has 0 saturated heterocycles. The average Bonchev–Trinajstić information content (AvgIpc) is 3.18. The molecule has 0 radical (unpaired) electrons. The van der Waals surface area contributed by atoms with Crippen LogP contribution in [0.2, 0.25) is 0 Å². The van der Waals surface area contributed by atoms with Crippen molar-refractivity contribution in [3.8, 4) is 15.8 Å². The first-order chi connectivity index (χ1) is 9.43. The first-order valence-electron chi connectivity index (χ1n) is 5.71. The van der Waals surface area contributed by atoms with Crippen LogP contribution in [-0.4, -0.2) is 19.7 Å². The maximum atomic E-state index is 4.69. The van der Waals surface area contributed by atoms with Crippen molar-refractivity contribution in [1.29, 1.82) is 0 Å². The van der Waals surface area contributed by atoms with Gasteiger partial charge in [0.2, 0.25) is 5.13 Å². The highest BCUT2D eigenvalue weighted by molar-refractivity contribution is 7.13. The molecule has 6 heteroatoms. The standard InChI is InChI=1S/C13H8N4S2/c1-2-4-10-9(3-1)11(12-14-5-7-18-12)16-17(10)13-15-6-8-19-13/h1-8H. The smallest absolute Gasteiger partial charge is 0.210 e. The van der Waals surface area contributed by atoms with Crippen molar-refractivity contribution in [2.45, 2.75) is 0 Å². The first-order valence-corrected chi connectivity index (χ1v) is 7.47. The van der Waals surface area contributed by atoms with Crippen molar-refractivity contribution in [2.24, 2.45) is 0 Å². The minimum Gasteiger partial charge on any atom is -0.243 e. The lowest BCUT2D eigenvalue weighted by molar-refractivity contribution is 0.902. The predicted octanol–water partition coefficient (Wildman–Crippen LogP) is 3.61. The number of nitrogens with zero attached hydrogens (tertiary/aromatic N) is 4. The molecule has 3 heterocycles. The molecule has 0 bridgehead atoms. The summed E-state index contributed by atoms with van der Waals surface area (Å²) in [5, 5.41) is 11.5. The Labute approximate surface area is 117 Å². The van der Waals surface area contributed by atoms with E-state index in [1.54, 1.807) is 35.1 Å². The summed E-state index contributed by atoms with van der Waals surface area (Å²) in [7, 11) is 0. The molecule has 4 aromatic rings. The van der Waals surface area contributed by atoms with E-state index < -0.39 is 0 Å². The summed E-state index contributed by atoms with van der Waals surface area (Å²) in [6.45, 7) is 0. The molecule has 3 aromatic heterocycles. The van der Waals surface area contributed by atoms with Crippen LogP contribution in [0.1, 0.15) is 0 Å². The van der Waals surface area contributed by atoms with Gasteiger partial charge < -0.3 is 0 Å². The Morgan fingerprint density at radius 3 is 2.58 bits per heavy atom. The van der Waals surface area contributed by atoms with E-state index in [1.807, 2.05) is 27.6 Å². The highest BCUT2D eigenvalue weighted by Crippen LogP contribution is 2.31. The second-order valence-electron chi connectivity index (χ2n) is 3.93. The summed E-state index contributed by atoms with van der Waals surface area (Å²) < 4.78 is 1.89. The van der Waals surface area contributed by atoms with E-state index in [0.717, 1.165) is 26.7 Å². The lowest BCUT2D eigenvalue weighted by Gasteiger charge is -1.96. The van der Waals surface area contributed by atoms with Crippen LogP contribution in [0.25, 0.3) is 26.7 Å². The molecule has 0 saturated carbocycles. The van der Waals surface area contributed by atoms with Crippen molar-refractivity contribution < 1.29 is 0 Å². The monoisotopic (exact) mass is 284 g/mol. The fourth-order valence-electron chi connectivity index (χ4n) is 2.03. The maximum Gasteiger partial charge on any atom is 0.210 e. The van der Waals surface area contributed by atoms with Crippen molar-refractivity contribution in [3.05, 3.63) is 47.4 Å². The number of hydrogen-bond donors (Lipinski definition) is 0. The van der Waals surface area contributed by atoms with Crippen LogP contribution in [-0.2, 0) is 0 Å². The number of benzene rings is 1. The van der Waals surface area contributed by atoms with Crippen LogP contribution in [0.5, 0.6) is 0 Å². The van der Waals surface area contributed by atoms with E-state index in [0.29, 0.717) is 0 Å². The van der Waals surface area contributed by atoms with Gasteiger partial charge in [0.15, 0.2) is 0 Å². The summed E-state index contributed by atoms with van der Waals surface area (Å²) in [6, 6.07) is 8.16. The zero-order valence-electron chi connectivity index (χ0n) is 9.72. The van der Waals surface area contributed by atoms with Crippen LogP contribution in [0.4, 0.5) is 0 Å². The number of fused-ring (bicyclic) bond motifs is 1. The van der Waals surface area contributed by atoms with Crippen molar-refractivity contribution in [3.63, 3.8) is 0 Å². The minimum absolute atomic E-state index is 0.874. The van der Waals surface area contributed by atoms with E-state index in [4.69, 9.17) is 0 Å². The number of para-hydroxylation sites is 1. The molecule has 0 N–H and O–H groups in total. The Kier molecular flexibility index (Phi) is 2.43. The molecule has 0 aliphatic carbocycles. The summed E-state index contributed by atoms with van der Waals surface area (Å²) in [6.07, 6.45) is 3.59. The third kappa shape index (κ3) is 1.68. The van der Waals surface area contributed by atoms with Crippen molar-refractivity contribution in [1.82, 2.24) is 19.7 Å². The largest absolute Gasteiger partial charge is 0.243 e. The van der Waals surface area contributed by atoms with Gasteiger partial charge in [0.1, 0.15) is 10.7 Å². The molecule has 0 aliphatic heterocycles. The molecule has 4 nitrogen and oxygen atoms in total. The third-order valence-electron chi connectivity index (χ3n) is 2.82. The van der Waals surface area contributed by atoms with Gasteiger partial charge in [-0.2, -0.15) is 5.10 Å². The molecule has 0 amide bonds. The Bertz CT molecular complexity index is 747. The molecule has 92 valence electrons. The fourth-order valence-corrected chi connectivity index (χ4v) is 3.27. The number of rotatable bonds is 2. The van der Waals surface area contributed by atoms with Crippen LogP contribution in [0.15, 0.2) is 47.4 Å². The van der Waals surface area contributed by atoms with Gasteiger partial charge in [0.05, 0.1) is 5.52 Å². The van der Waals surface area contributed by atoms with Gasteiger partial charge in [0, 0.05) is 28.5 Å². The molecule has 0 fully saturated rings. The Morgan fingerprint density at radius 1 is 0.947 bits per heavy atom. The molecule has 0 atom stereocenters. The Hall–Kier alpha value is -2.05. The van der Waals surface area contributed by atoms with Crippen LogP contribution >= 0.6 is 22.7 Å². The molecule has 0 unspecified atom stereocenters. The number of hydrogen-bond acceptors (Lipinski definition) is 5. The molecule has 0 spiro atoms. The summed E-state index contributed by atoms with van der Waals surface area (Å²) in [4.78, 5) is 8.69. The lowest BCUT2D eigenvalue weighted by Crippen LogP contribution is -1.94. The maximum absolute atomic E-state index is 4.69. The van der Waals surface area contributed by atoms with Crippen LogP contribution < -0.4 is 0 Å². The SMILES string of the molecule is c1ccc2c(c1)c(-c1nccs1)nn2-c1nccs1. The molecule has 0 aliphatic rings. The van der Waals surface area contributed by atoms with Gasteiger partial charge in [-0.25, -0.2) is 14.6 Å². The molecule has 4 rings (SSSR count). The van der Waals surface area contributed by atoms with Gasteiger partial charge in [0.25, 0.3) is 0 Å². The lowest BCUT2D eigenvalue weighted by atomic mass is 10.2. The zero-order valence-corrected chi connectivity index (χ0v) is 11.4. The van der Waals surface area contributed by atoms with Gasteiger partial charge in [-0.1, -0.05) is 18.2 Å². The number of thiazole rings is 2. The average molecular weight is 284 g/mol. The van der Waals surface area contributed by atoms with Crippen molar-refractivity contribution >= 4 is 33.6 Å². The first kappa shape index (κ1) is 10.8. The Balaban J connectivity index is 2.06. The second kappa shape index (κ2) is 4.25. The molecule has 19 heavy (non-hydrogen) atoms. The fraction of sp³-hybridized carbons (Fsp3) is 0. The second-order valence-corrected chi connectivity index (χ2v) is 5.70. The molecular weight excluding hydrogens is 276 g/mol. The molecular formula is C13H8N4S2. The van der Waals surface area contributed by atoms with Crippen molar-refractivity contribution in [2.75, 3.05) is 0 Å². The quantitative estimate of drug-likeness (QED) is 0.565.